The van der Waals surface area contributed by atoms with Gasteiger partial charge in [-0.2, -0.15) is 4.98 Å². The lowest BCUT2D eigenvalue weighted by atomic mass is 10.1. The van der Waals surface area contributed by atoms with Crippen LogP contribution in [0, 0.1) is 5.92 Å². The lowest BCUT2D eigenvalue weighted by Gasteiger charge is -2.01. The summed E-state index contributed by atoms with van der Waals surface area (Å²) in [6.45, 7) is 2.84. The van der Waals surface area contributed by atoms with Crippen LogP contribution in [0.25, 0.3) is 0 Å². The van der Waals surface area contributed by atoms with Crippen molar-refractivity contribution >= 4 is 0 Å². The molecule has 0 bridgehead atoms. The molecule has 1 aromatic rings. The second kappa shape index (κ2) is 4.52. The zero-order chi connectivity index (χ0) is 9.80. The smallest absolute Gasteiger partial charge is 0.240 e. The van der Waals surface area contributed by atoms with Crippen LogP contribution in [0.15, 0.2) is 4.52 Å². The molecule has 14 heavy (non-hydrogen) atoms. The minimum absolute atomic E-state index is 0.649. The van der Waals surface area contributed by atoms with Crippen molar-refractivity contribution in [1.82, 2.24) is 20.8 Å². The fraction of sp³-hybridized carbons (Fsp3) is 0.778. The first kappa shape index (κ1) is 9.61. The number of aromatic nitrogens is 2. The summed E-state index contributed by atoms with van der Waals surface area (Å²) in [6, 6.07) is 0. The predicted molar refractivity (Wildman–Crippen MR) is 51.7 cm³/mol. The van der Waals surface area contributed by atoms with Crippen molar-refractivity contribution in [1.29, 1.82) is 0 Å². The molecule has 0 aromatic carbocycles. The van der Waals surface area contributed by atoms with E-state index in [4.69, 9.17) is 4.52 Å². The SMILES string of the molecule is CNCc1nc(CC2CCNC2)no1. The lowest BCUT2D eigenvalue weighted by molar-refractivity contribution is 0.364. The molecule has 5 nitrogen and oxygen atoms in total. The third-order valence-corrected chi connectivity index (χ3v) is 2.47. The van der Waals surface area contributed by atoms with Gasteiger partial charge in [-0.1, -0.05) is 5.16 Å². The van der Waals surface area contributed by atoms with E-state index < -0.39 is 0 Å². The molecule has 0 saturated carbocycles. The van der Waals surface area contributed by atoms with Crippen LogP contribution in [0.1, 0.15) is 18.1 Å². The minimum Gasteiger partial charge on any atom is -0.338 e. The van der Waals surface area contributed by atoms with E-state index in [1.165, 1.54) is 6.42 Å². The van der Waals surface area contributed by atoms with Crippen LogP contribution in [-0.2, 0) is 13.0 Å². The first-order valence-corrected chi connectivity index (χ1v) is 5.05. The monoisotopic (exact) mass is 196 g/mol. The first-order valence-electron chi connectivity index (χ1n) is 5.05. The van der Waals surface area contributed by atoms with Crippen molar-refractivity contribution in [3.05, 3.63) is 11.7 Å². The Kier molecular flexibility index (Phi) is 3.10. The summed E-state index contributed by atoms with van der Waals surface area (Å²) in [7, 11) is 1.87. The highest BCUT2D eigenvalue weighted by Crippen LogP contribution is 2.12. The Morgan fingerprint density at radius 3 is 3.29 bits per heavy atom. The van der Waals surface area contributed by atoms with E-state index in [0.29, 0.717) is 18.4 Å². The van der Waals surface area contributed by atoms with Crippen molar-refractivity contribution in [3.8, 4) is 0 Å². The van der Waals surface area contributed by atoms with Crippen LogP contribution >= 0.6 is 0 Å². The summed E-state index contributed by atoms with van der Waals surface area (Å²) in [5, 5.41) is 10.3. The van der Waals surface area contributed by atoms with Crippen molar-refractivity contribution < 1.29 is 4.52 Å². The normalized spacial score (nSPS) is 21.6. The maximum absolute atomic E-state index is 5.07. The van der Waals surface area contributed by atoms with Gasteiger partial charge < -0.3 is 15.2 Å². The minimum atomic E-state index is 0.649. The van der Waals surface area contributed by atoms with E-state index in [1.54, 1.807) is 0 Å². The van der Waals surface area contributed by atoms with E-state index >= 15 is 0 Å². The van der Waals surface area contributed by atoms with Crippen molar-refractivity contribution in [2.24, 2.45) is 5.92 Å². The van der Waals surface area contributed by atoms with E-state index in [-0.39, 0.29) is 0 Å². The fourth-order valence-corrected chi connectivity index (χ4v) is 1.74. The Bertz CT molecular complexity index is 280. The topological polar surface area (TPSA) is 63.0 Å². The van der Waals surface area contributed by atoms with Gasteiger partial charge in [-0.15, -0.1) is 0 Å². The van der Waals surface area contributed by atoms with Gasteiger partial charge in [0.25, 0.3) is 0 Å². The largest absolute Gasteiger partial charge is 0.338 e. The standard InChI is InChI=1S/C9H16N4O/c1-10-6-9-12-8(13-14-9)4-7-2-3-11-5-7/h7,10-11H,2-6H2,1H3. The molecule has 1 atom stereocenters. The van der Waals surface area contributed by atoms with Crippen LogP contribution in [0.5, 0.6) is 0 Å². The summed E-state index contributed by atoms with van der Waals surface area (Å²) >= 11 is 0. The molecule has 78 valence electrons. The predicted octanol–water partition coefficient (Wildman–Crippen LogP) is -0.0590. The molecule has 0 amide bonds. The van der Waals surface area contributed by atoms with E-state index in [1.807, 2.05) is 7.05 Å². The Morgan fingerprint density at radius 2 is 2.57 bits per heavy atom. The van der Waals surface area contributed by atoms with Gasteiger partial charge in [-0.3, -0.25) is 0 Å². The summed E-state index contributed by atoms with van der Waals surface area (Å²) in [4.78, 5) is 4.30. The zero-order valence-corrected chi connectivity index (χ0v) is 8.42. The van der Waals surface area contributed by atoms with Gasteiger partial charge in [-0.25, -0.2) is 0 Å². The number of nitrogens with zero attached hydrogens (tertiary/aromatic N) is 2. The van der Waals surface area contributed by atoms with E-state index in [0.717, 1.165) is 25.3 Å². The van der Waals surface area contributed by atoms with Gasteiger partial charge in [0.05, 0.1) is 6.54 Å². The van der Waals surface area contributed by atoms with Crippen LogP contribution in [-0.4, -0.2) is 30.3 Å². The number of nitrogens with one attached hydrogen (secondary N) is 2. The molecule has 1 aliphatic rings. The van der Waals surface area contributed by atoms with E-state index in [2.05, 4.69) is 20.8 Å². The quantitative estimate of drug-likeness (QED) is 0.706. The average Bonchev–Trinajstić information content (AvgIpc) is 2.79. The molecule has 1 unspecified atom stereocenters. The van der Waals surface area contributed by atoms with Crippen LogP contribution < -0.4 is 10.6 Å². The van der Waals surface area contributed by atoms with Crippen molar-refractivity contribution in [2.75, 3.05) is 20.1 Å². The highest BCUT2D eigenvalue weighted by atomic mass is 16.5. The Morgan fingerprint density at radius 1 is 1.64 bits per heavy atom. The number of hydrogen-bond donors (Lipinski definition) is 2. The summed E-state index contributed by atoms with van der Waals surface area (Å²) < 4.78 is 5.07. The highest BCUT2D eigenvalue weighted by Gasteiger charge is 2.17. The zero-order valence-electron chi connectivity index (χ0n) is 8.42. The fourth-order valence-electron chi connectivity index (χ4n) is 1.74. The van der Waals surface area contributed by atoms with Gasteiger partial charge >= 0.3 is 0 Å². The number of rotatable bonds is 4. The average molecular weight is 196 g/mol. The molecule has 2 N–H and O–H groups in total. The second-order valence-electron chi connectivity index (χ2n) is 3.70. The first-order chi connectivity index (χ1) is 6.88. The molecule has 0 radical (unpaired) electrons. The van der Waals surface area contributed by atoms with Crippen LogP contribution in [0.4, 0.5) is 0 Å². The molecule has 2 heterocycles. The van der Waals surface area contributed by atoms with Gasteiger partial charge in [0, 0.05) is 6.42 Å². The van der Waals surface area contributed by atoms with Crippen molar-refractivity contribution in [2.45, 2.75) is 19.4 Å². The molecule has 1 aliphatic heterocycles. The molecular formula is C9H16N4O. The van der Waals surface area contributed by atoms with Crippen molar-refractivity contribution in [3.63, 3.8) is 0 Å². The molecule has 2 rings (SSSR count). The molecule has 5 heteroatoms. The lowest BCUT2D eigenvalue weighted by Crippen LogP contribution is -2.11. The Balaban J connectivity index is 1.88. The molecule has 0 aliphatic carbocycles. The van der Waals surface area contributed by atoms with Gasteiger partial charge in [0.2, 0.25) is 5.89 Å². The van der Waals surface area contributed by atoms with Gasteiger partial charge in [0.15, 0.2) is 5.82 Å². The second-order valence-corrected chi connectivity index (χ2v) is 3.70. The molecule has 1 aromatic heterocycles. The van der Waals surface area contributed by atoms with E-state index in [9.17, 15) is 0 Å². The maximum atomic E-state index is 5.07. The molecule has 1 saturated heterocycles. The third kappa shape index (κ3) is 2.30. The Hall–Kier alpha value is -0.940. The summed E-state index contributed by atoms with van der Waals surface area (Å²) in [5.74, 6) is 2.19. The van der Waals surface area contributed by atoms with Crippen LogP contribution in [0.2, 0.25) is 0 Å². The number of hydrogen-bond acceptors (Lipinski definition) is 5. The van der Waals surface area contributed by atoms with Crippen LogP contribution in [0.3, 0.4) is 0 Å². The van der Waals surface area contributed by atoms with Gasteiger partial charge in [-0.05, 0) is 32.5 Å². The summed E-state index contributed by atoms with van der Waals surface area (Å²) in [5.41, 5.74) is 0. The third-order valence-electron chi connectivity index (χ3n) is 2.47. The molecule has 0 spiro atoms. The highest BCUT2D eigenvalue weighted by molar-refractivity contribution is 4.90. The summed E-state index contributed by atoms with van der Waals surface area (Å²) in [6.07, 6.45) is 2.15. The molecule has 1 fully saturated rings. The Labute approximate surface area is 83.3 Å². The van der Waals surface area contributed by atoms with Gasteiger partial charge in [0.1, 0.15) is 0 Å². The maximum Gasteiger partial charge on any atom is 0.240 e. The molecular weight excluding hydrogens is 180 g/mol.